The second-order valence-corrected chi connectivity index (χ2v) is 9.60. The average Bonchev–Trinajstić information content (AvgIpc) is 2.72. The highest BCUT2D eigenvalue weighted by Gasteiger charge is 2.26. The first-order chi connectivity index (χ1) is 13.2. The van der Waals surface area contributed by atoms with Crippen molar-refractivity contribution in [3.8, 4) is 0 Å². The van der Waals surface area contributed by atoms with Gasteiger partial charge in [-0.3, -0.25) is 14.1 Å². The van der Waals surface area contributed by atoms with Crippen molar-refractivity contribution in [3.63, 3.8) is 0 Å². The SMILES string of the molecule is CCS(=O)C1CCCC(NC(=NC)NCCN2CCc3ccccc3C2)C1.I. The molecule has 0 radical (unpaired) electrons. The Morgan fingerprint density at radius 1 is 1.29 bits per heavy atom. The molecule has 5 nitrogen and oxygen atoms in total. The van der Waals surface area contributed by atoms with E-state index in [-0.39, 0.29) is 24.0 Å². The van der Waals surface area contributed by atoms with Gasteiger partial charge in [-0.1, -0.05) is 37.6 Å². The third kappa shape index (κ3) is 6.69. The van der Waals surface area contributed by atoms with E-state index in [4.69, 9.17) is 0 Å². The van der Waals surface area contributed by atoms with Gasteiger partial charge >= 0.3 is 0 Å². The zero-order chi connectivity index (χ0) is 19.1. The van der Waals surface area contributed by atoms with Crippen LogP contribution in [0.1, 0.15) is 43.7 Å². The van der Waals surface area contributed by atoms with E-state index in [0.717, 1.165) is 70.0 Å². The van der Waals surface area contributed by atoms with Gasteiger partial charge < -0.3 is 10.6 Å². The smallest absolute Gasteiger partial charge is 0.191 e. The quantitative estimate of drug-likeness (QED) is 0.346. The Labute approximate surface area is 189 Å². The lowest BCUT2D eigenvalue weighted by atomic mass is 9.95. The second-order valence-electron chi connectivity index (χ2n) is 7.59. The molecule has 0 amide bonds. The zero-order valence-corrected chi connectivity index (χ0v) is 20.3. The number of nitrogens with zero attached hydrogens (tertiary/aromatic N) is 2. The maximum absolute atomic E-state index is 12.1. The fourth-order valence-electron chi connectivity index (χ4n) is 4.22. The van der Waals surface area contributed by atoms with Crippen molar-refractivity contribution in [2.45, 2.75) is 56.9 Å². The van der Waals surface area contributed by atoms with Gasteiger partial charge in [0, 0.05) is 61.1 Å². The summed E-state index contributed by atoms with van der Waals surface area (Å²) >= 11 is 0. The van der Waals surface area contributed by atoms with Crippen molar-refractivity contribution < 1.29 is 4.21 Å². The molecule has 0 aromatic heterocycles. The third-order valence-electron chi connectivity index (χ3n) is 5.78. The zero-order valence-electron chi connectivity index (χ0n) is 17.2. The molecule has 0 spiro atoms. The summed E-state index contributed by atoms with van der Waals surface area (Å²) in [6.45, 7) is 6.09. The minimum absolute atomic E-state index is 0. The molecule has 1 aliphatic heterocycles. The molecule has 3 atom stereocenters. The summed E-state index contributed by atoms with van der Waals surface area (Å²) < 4.78 is 12.1. The number of halogens is 1. The maximum atomic E-state index is 12.1. The maximum Gasteiger partial charge on any atom is 0.191 e. The summed E-state index contributed by atoms with van der Waals surface area (Å²) in [5.74, 6) is 1.64. The van der Waals surface area contributed by atoms with Crippen LogP contribution in [0.3, 0.4) is 0 Å². The Hall–Kier alpha value is -0.670. The number of nitrogens with one attached hydrogen (secondary N) is 2. The standard InChI is InChI=1S/C21H34N4OS.HI/c1-3-27(26)20-10-6-9-19(15-20)24-21(22-2)23-12-14-25-13-11-17-7-4-5-8-18(17)16-25;/h4-5,7-8,19-20H,3,6,9-16H2,1-2H3,(H2,22,23,24);1H. The molecule has 1 heterocycles. The summed E-state index contributed by atoms with van der Waals surface area (Å²) in [7, 11) is 1.15. The highest BCUT2D eigenvalue weighted by molar-refractivity contribution is 14.0. The fourth-order valence-corrected chi connectivity index (χ4v) is 5.56. The molecule has 1 fully saturated rings. The van der Waals surface area contributed by atoms with Crippen LogP contribution in [0, 0.1) is 0 Å². The molecule has 2 N–H and O–H groups in total. The molecule has 1 aliphatic carbocycles. The van der Waals surface area contributed by atoms with Gasteiger partial charge in [0.25, 0.3) is 0 Å². The molecule has 158 valence electrons. The van der Waals surface area contributed by atoms with Crippen molar-refractivity contribution in [2.75, 3.05) is 32.4 Å². The summed E-state index contributed by atoms with van der Waals surface area (Å²) in [4.78, 5) is 6.89. The first-order valence-electron chi connectivity index (χ1n) is 10.3. The van der Waals surface area contributed by atoms with Gasteiger partial charge in [0.1, 0.15) is 0 Å². The molecule has 0 saturated heterocycles. The number of benzene rings is 1. The van der Waals surface area contributed by atoms with E-state index < -0.39 is 10.8 Å². The molecule has 0 bridgehead atoms. The van der Waals surface area contributed by atoms with Crippen molar-refractivity contribution in [1.29, 1.82) is 0 Å². The predicted octanol–water partition coefficient (Wildman–Crippen LogP) is 2.91. The minimum atomic E-state index is -0.685. The molecule has 3 rings (SSSR count). The molecule has 1 aromatic carbocycles. The molecule has 28 heavy (non-hydrogen) atoms. The van der Waals surface area contributed by atoms with Gasteiger partial charge in [0.15, 0.2) is 5.96 Å². The van der Waals surface area contributed by atoms with Crippen LogP contribution in [-0.4, -0.2) is 58.8 Å². The minimum Gasteiger partial charge on any atom is -0.355 e. The summed E-state index contributed by atoms with van der Waals surface area (Å²) in [6.07, 6.45) is 5.52. The Morgan fingerprint density at radius 3 is 2.82 bits per heavy atom. The molecular formula is C21H35IN4OS. The van der Waals surface area contributed by atoms with Crippen LogP contribution in [0.5, 0.6) is 0 Å². The van der Waals surface area contributed by atoms with Crippen LogP contribution in [-0.2, 0) is 23.8 Å². The molecular weight excluding hydrogens is 483 g/mol. The average molecular weight is 519 g/mol. The third-order valence-corrected chi connectivity index (χ3v) is 7.52. The second kappa shape index (κ2) is 12.1. The normalized spacial score (nSPS) is 24.0. The van der Waals surface area contributed by atoms with E-state index in [0.29, 0.717) is 11.3 Å². The number of hydrogen-bond donors (Lipinski definition) is 2. The van der Waals surface area contributed by atoms with E-state index in [1.807, 2.05) is 14.0 Å². The number of hydrogen-bond acceptors (Lipinski definition) is 3. The van der Waals surface area contributed by atoms with Gasteiger partial charge in [-0.2, -0.15) is 0 Å². The van der Waals surface area contributed by atoms with Crippen LogP contribution in [0.2, 0.25) is 0 Å². The van der Waals surface area contributed by atoms with Gasteiger partial charge in [-0.05, 0) is 36.8 Å². The van der Waals surface area contributed by atoms with Crippen LogP contribution < -0.4 is 10.6 Å². The molecule has 7 heteroatoms. The Kier molecular flexibility index (Phi) is 10.2. The predicted molar refractivity (Wildman–Crippen MR) is 130 cm³/mol. The van der Waals surface area contributed by atoms with Crippen molar-refractivity contribution in [1.82, 2.24) is 15.5 Å². The Bertz CT molecular complexity index is 670. The van der Waals surface area contributed by atoms with E-state index in [2.05, 4.69) is 44.8 Å². The lowest BCUT2D eigenvalue weighted by Crippen LogP contribution is -2.48. The van der Waals surface area contributed by atoms with Crippen LogP contribution >= 0.6 is 24.0 Å². The first-order valence-corrected chi connectivity index (χ1v) is 11.7. The molecule has 1 aromatic rings. The van der Waals surface area contributed by atoms with Gasteiger partial charge in [0.2, 0.25) is 0 Å². The summed E-state index contributed by atoms with van der Waals surface area (Å²) in [6, 6.07) is 9.15. The largest absolute Gasteiger partial charge is 0.355 e. The topological polar surface area (TPSA) is 56.7 Å². The van der Waals surface area contributed by atoms with Gasteiger partial charge in [0.05, 0.1) is 0 Å². The molecule has 2 aliphatic rings. The fraction of sp³-hybridized carbons (Fsp3) is 0.667. The van der Waals surface area contributed by atoms with Gasteiger partial charge in [-0.25, -0.2) is 0 Å². The van der Waals surface area contributed by atoms with E-state index in [9.17, 15) is 4.21 Å². The van der Waals surface area contributed by atoms with Crippen LogP contribution in [0.4, 0.5) is 0 Å². The van der Waals surface area contributed by atoms with Gasteiger partial charge in [-0.15, -0.1) is 24.0 Å². The molecule has 3 unspecified atom stereocenters. The van der Waals surface area contributed by atoms with Crippen LogP contribution in [0.15, 0.2) is 29.3 Å². The van der Waals surface area contributed by atoms with Crippen molar-refractivity contribution in [3.05, 3.63) is 35.4 Å². The summed E-state index contributed by atoms with van der Waals surface area (Å²) in [5.41, 5.74) is 2.96. The lowest BCUT2D eigenvalue weighted by molar-refractivity contribution is 0.258. The van der Waals surface area contributed by atoms with Crippen molar-refractivity contribution in [2.24, 2.45) is 4.99 Å². The number of fused-ring (bicyclic) bond motifs is 1. The first kappa shape index (κ1) is 23.6. The highest BCUT2D eigenvalue weighted by Crippen LogP contribution is 2.23. The van der Waals surface area contributed by atoms with Crippen LogP contribution in [0.25, 0.3) is 0 Å². The van der Waals surface area contributed by atoms with E-state index in [1.54, 1.807) is 0 Å². The Balaban J connectivity index is 0.00000280. The Morgan fingerprint density at radius 2 is 2.07 bits per heavy atom. The van der Waals surface area contributed by atoms with E-state index in [1.165, 1.54) is 11.1 Å². The van der Waals surface area contributed by atoms with E-state index >= 15 is 0 Å². The number of rotatable bonds is 6. The number of aliphatic imine (C=N–C) groups is 1. The lowest BCUT2D eigenvalue weighted by Gasteiger charge is -2.31. The molecule has 1 saturated carbocycles. The monoisotopic (exact) mass is 518 g/mol. The van der Waals surface area contributed by atoms with Crippen molar-refractivity contribution >= 4 is 40.7 Å². The summed E-state index contributed by atoms with van der Waals surface area (Å²) in [5, 5.41) is 7.36. The highest BCUT2D eigenvalue weighted by atomic mass is 127. The number of guanidine groups is 1.